The Labute approximate surface area is 94.9 Å². The molecule has 0 amide bonds. The molecule has 0 atom stereocenters. The summed E-state index contributed by atoms with van der Waals surface area (Å²) < 4.78 is 6.35. The molecular weight excluding hydrogens is 206 g/mol. The molecule has 3 heteroatoms. The number of aromatic nitrogens is 1. The van der Waals surface area contributed by atoms with Crippen LogP contribution in [0.1, 0.15) is 25.8 Å². The SMILES string of the molecule is CC.CCc1nc2ccc(OC)cc2s1. The average Bonchev–Trinajstić information content (AvgIpc) is 2.73. The van der Waals surface area contributed by atoms with Crippen molar-refractivity contribution in [2.45, 2.75) is 27.2 Å². The molecule has 0 spiro atoms. The van der Waals surface area contributed by atoms with Gasteiger partial charge in [0, 0.05) is 0 Å². The lowest BCUT2D eigenvalue weighted by molar-refractivity contribution is 0.415. The highest BCUT2D eigenvalue weighted by Gasteiger charge is 2.02. The van der Waals surface area contributed by atoms with Crippen molar-refractivity contribution in [1.82, 2.24) is 4.98 Å². The van der Waals surface area contributed by atoms with Gasteiger partial charge >= 0.3 is 0 Å². The highest BCUT2D eigenvalue weighted by Crippen LogP contribution is 2.26. The smallest absolute Gasteiger partial charge is 0.120 e. The minimum Gasteiger partial charge on any atom is -0.497 e. The number of rotatable bonds is 2. The molecule has 0 unspecified atom stereocenters. The number of nitrogens with zero attached hydrogens (tertiary/aromatic N) is 1. The van der Waals surface area contributed by atoms with Crippen molar-refractivity contribution in [2.24, 2.45) is 0 Å². The first-order valence-electron chi connectivity index (χ1n) is 5.27. The minimum atomic E-state index is 0.902. The van der Waals surface area contributed by atoms with Gasteiger partial charge in [0.15, 0.2) is 0 Å². The molecule has 0 N–H and O–H groups in total. The minimum absolute atomic E-state index is 0.902. The third kappa shape index (κ3) is 2.69. The number of methoxy groups -OCH3 is 1. The van der Waals surface area contributed by atoms with E-state index in [1.165, 1.54) is 9.71 Å². The lowest BCUT2D eigenvalue weighted by Crippen LogP contribution is -1.80. The summed E-state index contributed by atoms with van der Waals surface area (Å²) in [6.07, 6.45) is 1.00. The number of thiazole rings is 1. The second kappa shape index (κ2) is 5.71. The van der Waals surface area contributed by atoms with Gasteiger partial charge in [-0.2, -0.15) is 0 Å². The molecule has 0 aliphatic carbocycles. The first kappa shape index (κ1) is 12.0. The molecule has 0 saturated heterocycles. The summed E-state index contributed by atoms with van der Waals surface area (Å²) in [5.74, 6) is 0.902. The topological polar surface area (TPSA) is 22.1 Å². The third-order valence-corrected chi connectivity index (χ3v) is 3.10. The highest BCUT2D eigenvalue weighted by molar-refractivity contribution is 7.18. The van der Waals surface area contributed by atoms with Crippen LogP contribution in [-0.2, 0) is 6.42 Å². The Morgan fingerprint density at radius 1 is 1.33 bits per heavy atom. The molecule has 0 aliphatic heterocycles. The molecular formula is C12H17NOS. The van der Waals surface area contributed by atoms with Gasteiger partial charge in [-0.05, 0) is 24.6 Å². The molecule has 0 bridgehead atoms. The van der Waals surface area contributed by atoms with Crippen LogP contribution in [-0.4, -0.2) is 12.1 Å². The maximum absolute atomic E-state index is 5.14. The molecule has 0 saturated carbocycles. The van der Waals surface area contributed by atoms with E-state index in [0.29, 0.717) is 0 Å². The fourth-order valence-electron chi connectivity index (χ4n) is 1.23. The summed E-state index contributed by atoms with van der Waals surface area (Å²) >= 11 is 1.74. The Morgan fingerprint density at radius 3 is 2.67 bits per heavy atom. The van der Waals surface area contributed by atoms with Crippen LogP contribution >= 0.6 is 11.3 Å². The Balaban J connectivity index is 0.000000531. The zero-order valence-corrected chi connectivity index (χ0v) is 10.5. The largest absolute Gasteiger partial charge is 0.497 e. The number of aryl methyl sites for hydroxylation is 1. The molecule has 2 aromatic rings. The van der Waals surface area contributed by atoms with Crippen molar-refractivity contribution in [3.63, 3.8) is 0 Å². The van der Waals surface area contributed by atoms with E-state index in [0.717, 1.165) is 17.7 Å². The molecule has 2 nitrogen and oxygen atoms in total. The van der Waals surface area contributed by atoms with E-state index in [4.69, 9.17) is 4.74 Å². The fourth-order valence-corrected chi connectivity index (χ4v) is 2.17. The molecule has 0 fully saturated rings. The number of hydrogen-bond donors (Lipinski definition) is 0. The zero-order valence-electron chi connectivity index (χ0n) is 9.70. The van der Waals surface area contributed by atoms with Crippen molar-refractivity contribution < 1.29 is 4.74 Å². The Hall–Kier alpha value is -1.09. The van der Waals surface area contributed by atoms with Crippen LogP contribution in [0.15, 0.2) is 18.2 Å². The molecule has 82 valence electrons. The summed E-state index contributed by atoms with van der Waals surface area (Å²) in [7, 11) is 1.68. The quantitative estimate of drug-likeness (QED) is 0.770. The number of hydrogen-bond acceptors (Lipinski definition) is 3. The molecule has 15 heavy (non-hydrogen) atoms. The van der Waals surface area contributed by atoms with Crippen LogP contribution in [0.25, 0.3) is 10.2 Å². The van der Waals surface area contributed by atoms with Crippen LogP contribution in [0.5, 0.6) is 5.75 Å². The van der Waals surface area contributed by atoms with Gasteiger partial charge in [0.25, 0.3) is 0 Å². The fraction of sp³-hybridized carbons (Fsp3) is 0.417. The summed E-state index contributed by atoms with van der Waals surface area (Å²) in [5, 5.41) is 1.18. The predicted octanol–water partition coefficient (Wildman–Crippen LogP) is 3.89. The lowest BCUT2D eigenvalue weighted by Gasteiger charge is -1.96. The zero-order chi connectivity index (χ0) is 11.3. The second-order valence-corrected chi connectivity index (χ2v) is 3.91. The maximum Gasteiger partial charge on any atom is 0.120 e. The Kier molecular flexibility index (Phi) is 4.56. The normalized spacial score (nSPS) is 9.60. The molecule has 1 heterocycles. The van der Waals surface area contributed by atoms with Crippen molar-refractivity contribution in [3.8, 4) is 5.75 Å². The van der Waals surface area contributed by atoms with E-state index in [2.05, 4.69) is 11.9 Å². The van der Waals surface area contributed by atoms with Crippen LogP contribution in [0, 0.1) is 0 Å². The second-order valence-electron chi connectivity index (χ2n) is 2.79. The van der Waals surface area contributed by atoms with Gasteiger partial charge in [0.05, 0.1) is 22.3 Å². The Morgan fingerprint density at radius 2 is 2.07 bits per heavy atom. The van der Waals surface area contributed by atoms with Gasteiger partial charge in [-0.3, -0.25) is 0 Å². The van der Waals surface area contributed by atoms with E-state index in [1.807, 2.05) is 32.0 Å². The van der Waals surface area contributed by atoms with Crippen molar-refractivity contribution >= 4 is 21.6 Å². The first-order valence-corrected chi connectivity index (χ1v) is 6.08. The van der Waals surface area contributed by atoms with E-state index in [1.54, 1.807) is 18.4 Å². The number of fused-ring (bicyclic) bond motifs is 1. The van der Waals surface area contributed by atoms with Crippen molar-refractivity contribution in [1.29, 1.82) is 0 Å². The third-order valence-electron chi connectivity index (χ3n) is 1.94. The van der Waals surface area contributed by atoms with Gasteiger partial charge in [-0.15, -0.1) is 11.3 Å². The van der Waals surface area contributed by atoms with Crippen LogP contribution in [0.2, 0.25) is 0 Å². The van der Waals surface area contributed by atoms with Gasteiger partial charge < -0.3 is 4.74 Å². The standard InChI is InChI=1S/C10H11NOS.C2H6/c1-3-10-11-8-5-4-7(12-2)6-9(8)13-10;1-2/h4-6H,3H2,1-2H3;1-2H3. The van der Waals surface area contributed by atoms with Gasteiger partial charge in [-0.1, -0.05) is 20.8 Å². The van der Waals surface area contributed by atoms with Crippen molar-refractivity contribution in [3.05, 3.63) is 23.2 Å². The van der Waals surface area contributed by atoms with E-state index < -0.39 is 0 Å². The van der Waals surface area contributed by atoms with Gasteiger partial charge in [-0.25, -0.2) is 4.98 Å². The van der Waals surface area contributed by atoms with Gasteiger partial charge in [0.1, 0.15) is 5.75 Å². The summed E-state index contributed by atoms with van der Waals surface area (Å²) in [4.78, 5) is 4.47. The van der Waals surface area contributed by atoms with E-state index in [-0.39, 0.29) is 0 Å². The summed E-state index contributed by atoms with van der Waals surface area (Å²) in [5.41, 5.74) is 1.07. The summed E-state index contributed by atoms with van der Waals surface area (Å²) in [6, 6.07) is 5.98. The van der Waals surface area contributed by atoms with E-state index >= 15 is 0 Å². The monoisotopic (exact) mass is 223 g/mol. The predicted molar refractivity (Wildman–Crippen MR) is 66.9 cm³/mol. The molecule has 1 aromatic carbocycles. The lowest BCUT2D eigenvalue weighted by atomic mass is 10.3. The molecule has 1 aromatic heterocycles. The maximum atomic E-state index is 5.14. The van der Waals surface area contributed by atoms with Crippen LogP contribution < -0.4 is 4.74 Å². The summed E-state index contributed by atoms with van der Waals surface area (Å²) in [6.45, 7) is 6.12. The first-order chi connectivity index (χ1) is 7.33. The highest BCUT2D eigenvalue weighted by atomic mass is 32.1. The van der Waals surface area contributed by atoms with Crippen molar-refractivity contribution in [2.75, 3.05) is 7.11 Å². The van der Waals surface area contributed by atoms with Crippen LogP contribution in [0.4, 0.5) is 0 Å². The number of ether oxygens (including phenoxy) is 1. The molecule has 2 rings (SSSR count). The number of benzene rings is 1. The Bertz CT molecular complexity index is 420. The average molecular weight is 223 g/mol. The van der Waals surface area contributed by atoms with E-state index in [9.17, 15) is 0 Å². The molecule has 0 aliphatic rings. The van der Waals surface area contributed by atoms with Crippen LogP contribution in [0.3, 0.4) is 0 Å². The molecule has 0 radical (unpaired) electrons. The van der Waals surface area contributed by atoms with Gasteiger partial charge in [0.2, 0.25) is 0 Å².